The molecule has 0 aliphatic rings. The molecule has 0 rings (SSSR count). The zero-order valence-corrected chi connectivity index (χ0v) is 43.0. The van der Waals surface area contributed by atoms with E-state index in [0.717, 1.165) is 63.7 Å². The van der Waals surface area contributed by atoms with Crippen molar-refractivity contribution in [2.75, 3.05) is 13.2 Å². The molecule has 0 aromatic heterocycles. The lowest BCUT2D eigenvalue weighted by atomic mass is 10.0. The maximum absolute atomic E-state index is 12.8. The third-order valence-corrected chi connectivity index (χ3v) is 13.0. The summed E-state index contributed by atoms with van der Waals surface area (Å²) in [6.07, 6.45) is 55.2. The monoisotopic (exact) mass is 891 g/mol. The molecular weight excluding hydrogens is 781 g/mol. The summed E-state index contributed by atoms with van der Waals surface area (Å²) in [6, 6.07) is 0. The van der Waals surface area contributed by atoms with Crippen LogP contribution in [0.15, 0.2) is 0 Å². The Labute approximate surface area is 393 Å². The molecule has 0 saturated heterocycles. The third-order valence-electron chi connectivity index (χ3n) is 13.0. The van der Waals surface area contributed by atoms with Gasteiger partial charge in [-0.15, -0.1) is 0 Å². The number of esters is 3. The molecule has 0 bridgehead atoms. The Bertz CT molecular complexity index is 949. The summed E-state index contributed by atoms with van der Waals surface area (Å²) in [7, 11) is 0. The van der Waals surface area contributed by atoms with E-state index in [2.05, 4.69) is 27.7 Å². The first-order valence-corrected chi connectivity index (χ1v) is 28.4. The molecule has 374 valence electrons. The van der Waals surface area contributed by atoms with E-state index < -0.39 is 6.10 Å². The van der Waals surface area contributed by atoms with Crippen LogP contribution < -0.4 is 0 Å². The Morgan fingerprint density at radius 2 is 0.524 bits per heavy atom. The number of ether oxygens (including phenoxy) is 3. The lowest BCUT2D eigenvalue weighted by Gasteiger charge is -2.18. The van der Waals surface area contributed by atoms with E-state index in [-0.39, 0.29) is 31.1 Å². The van der Waals surface area contributed by atoms with Gasteiger partial charge in [-0.1, -0.05) is 285 Å². The predicted octanol–water partition coefficient (Wildman–Crippen LogP) is 18.6. The summed E-state index contributed by atoms with van der Waals surface area (Å²) >= 11 is 0. The zero-order chi connectivity index (χ0) is 45.9. The van der Waals surface area contributed by atoms with Crippen molar-refractivity contribution in [2.24, 2.45) is 5.92 Å². The molecule has 0 aromatic rings. The van der Waals surface area contributed by atoms with E-state index in [9.17, 15) is 14.4 Å². The van der Waals surface area contributed by atoms with Gasteiger partial charge in [-0.2, -0.15) is 0 Å². The second-order valence-electron chi connectivity index (χ2n) is 20.1. The zero-order valence-electron chi connectivity index (χ0n) is 43.0. The minimum atomic E-state index is -0.761. The van der Waals surface area contributed by atoms with Crippen LogP contribution in [0.25, 0.3) is 0 Å². The van der Waals surface area contributed by atoms with Gasteiger partial charge < -0.3 is 14.2 Å². The molecule has 0 amide bonds. The van der Waals surface area contributed by atoms with Gasteiger partial charge in [0.1, 0.15) is 13.2 Å². The molecule has 0 aliphatic carbocycles. The molecule has 63 heavy (non-hydrogen) atoms. The lowest BCUT2D eigenvalue weighted by molar-refractivity contribution is -0.167. The number of hydrogen-bond donors (Lipinski definition) is 0. The number of unbranched alkanes of at least 4 members (excludes halogenated alkanes) is 39. The van der Waals surface area contributed by atoms with Crippen LogP contribution in [-0.2, 0) is 28.6 Å². The Balaban J connectivity index is 4.25. The fraction of sp³-hybridized carbons (Fsp3) is 0.947. The van der Waals surface area contributed by atoms with Crippen molar-refractivity contribution in [3.8, 4) is 0 Å². The summed E-state index contributed by atoms with van der Waals surface area (Å²) in [5.41, 5.74) is 0. The number of hydrogen-bond acceptors (Lipinski definition) is 6. The Hall–Kier alpha value is -1.59. The van der Waals surface area contributed by atoms with Crippen molar-refractivity contribution < 1.29 is 28.6 Å². The summed E-state index contributed by atoms with van der Waals surface area (Å²) in [6.45, 7) is 9.04. The number of carbonyl (C=O) groups excluding carboxylic acids is 3. The van der Waals surface area contributed by atoms with Crippen molar-refractivity contribution in [1.82, 2.24) is 0 Å². The standard InChI is InChI=1S/C57H110O6/c1-5-7-9-11-13-15-17-19-20-21-22-23-24-25-29-32-36-40-44-48-55(58)61-51-54(63-57(60)50-46-42-38-34-28-18-16-14-12-10-8-6-2)52-62-56(59)49-45-41-37-33-30-26-27-31-35-39-43-47-53(3)4/h53-54H,5-52H2,1-4H3/t54-/m1/s1. The lowest BCUT2D eigenvalue weighted by Crippen LogP contribution is -2.30. The average Bonchev–Trinajstić information content (AvgIpc) is 3.27. The van der Waals surface area contributed by atoms with Gasteiger partial charge in [0.2, 0.25) is 0 Å². The van der Waals surface area contributed by atoms with Gasteiger partial charge in [-0.25, -0.2) is 0 Å². The van der Waals surface area contributed by atoms with Crippen LogP contribution in [0.3, 0.4) is 0 Å². The van der Waals surface area contributed by atoms with Gasteiger partial charge in [-0.3, -0.25) is 14.4 Å². The van der Waals surface area contributed by atoms with E-state index in [1.54, 1.807) is 0 Å². The highest BCUT2D eigenvalue weighted by molar-refractivity contribution is 5.71. The first-order chi connectivity index (χ1) is 30.9. The fourth-order valence-electron chi connectivity index (χ4n) is 8.75. The van der Waals surface area contributed by atoms with Gasteiger partial charge in [-0.05, 0) is 25.2 Å². The van der Waals surface area contributed by atoms with Crippen LogP contribution >= 0.6 is 0 Å². The molecule has 0 radical (unpaired) electrons. The number of rotatable bonds is 52. The maximum Gasteiger partial charge on any atom is 0.306 e. The SMILES string of the molecule is CCCCCCCCCCCCCCCCCCCCCC(=O)OC[C@H](COC(=O)CCCCCCCCCCCCCC(C)C)OC(=O)CCCCCCCCCCCCCC. The smallest absolute Gasteiger partial charge is 0.306 e. The summed E-state index contributed by atoms with van der Waals surface area (Å²) < 4.78 is 16.9. The molecular formula is C57H110O6. The van der Waals surface area contributed by atoms with Gasteiger partial charge >= 0.3 is 17.9 Å². The van der Waals surface area contributed by atoms with Crippen LogP contribution in [-0.4, -0.2) is 37.2 Å². The van der Waals surface area contributed by atoms with E-state index >= 15 is 0 Å². The Morgan fingerprint density at radius 1 is 0.302 bits per heavy atom. The highest BCUT2D eigenvalue weighted by Gasteiger charge is 2.19. The minimum Gasteiger partial charge on any atom is -0.462 e. The normalized spacial score (nSPS) is 12.0. The second kappa shape index (κ2) is 51.4. The molecule has 0 spiro atoms. The summed E-state index contributed by atoms with van der Waals surface area (Å²) in [5.74, 6) is -0.0116. The molecule has 0 N–H and O–H groups in total. The molecule has 0 aliphatic heterocycles. The molecule has 6 heteroatoms. The molecule has 6 nitrogen and oxygen atoms in total. The van der Waals surface area contributed by atoms with E-state index in [1.807, 2.05) is 0 Å². The quantitative estimate of drug-likeness (QED) is 0.0344. The molecule has 1 atom stereocenters. The van der Waals surface area contributed by atoms with E-state index in [4.69, 9.17) is 14.2 Å². The minimum absolute atomic E-state index is 0.0621. The summed E-state index contributed by atoms with van der Waals surface area (Å²) in [4.78, 5) is 38.1. The molecule has 0 fully saturated rings. The van der Waals surface area contributed by atoms with Gasteiger partial charge in [0.05, 0.1) is 0 Å². The van der Waals surface area contributed by atoms with E-state index in [0.29, 0.717) is 19.3 Å². The number of carbonyl (C=O) groups is 3. The van der Waals surface area contributed by atoms with Crippen LogP contribution in [0.1, 0.15) is 323 Å². The molecule has 0 heterocycles. The van der Waals surface area contributed by atoms with Crippen LogP contribution in [0.4, 0.5) is 0 Å². The van der Waals surface area contributed by atoms with Crippen molar-refractivity contribution >= 4 is 17.9 Å². The fourth-order valence-corrected chi connectivity index (χ4v) is 8.75. The van der Waals surface area contributed by atoms with Crippen molar-refractivity contribution in [1.29, 1.82) is 0 Å². The largest absolute Gasteiger partial charge is 0.462 e. The van der Waals surface area contributed by atoms with Crippen LogP contribution in [0.5, 0.6) is 0 Å². The van der Waals surface area contributed by atoms with Crippen LogP contribution in [0.2, 0.25) is 0 Å². The van der Waals surface area contributed by atoms with E-state index in [1.165, 1.54) is 218 Å². The first-order valence-electron chi connectivity index (χ1n) is 28.4. The summed E-state index contributed by atoms with van der Waals surface area (Å²) in [5, 5.41) is 0. The van der Waals surface area contributed by atoms with Gasteiger partial charge in [0.25, 0.3) is 0 Å². The maximum atomic E-state index is 12.8. The predicted molar refractivity (Wildman–Crippen MR) is 270 cm³/mol. The highest BCUT2D eigenvalue weighted by Crippen LogP contribution is 2.18. The van der Waals surface area contributed by atoms with Crippen molar-refractivity contribution in [2.45, 2.75) is 329 Å². The highest BCUT2D eigenvalue weighted by atomic mass is 16.6. The molecule has 0 saturated carbocycles. The first kappa shape index (κ1) is 61.4. The molecule has 0 unspecified atom stereocenters. The Morgan fingerprint density at radius 3 is 0.778 bits per heavy atom. The Kier molecular flexibility index (Phi) is 50.1. The van der Waals surface area contributed by atoms with Crippen molar-refractivity contribution in [3.63, 3.8) is 0 Å². The third kappa shape index (κ3) is 51.3. The van der Waals surface area contributed by atoms with Gasteiger partial charge in [0.15, 0.2) is 6.10 Å². The topological polar surface area (TPSA) is 78.9 Å². The second-order valence-corrected chi connectivity index (χ2v) is 20.1. The molecule has 0 aromatic carbocycles. The average molecular weight is 892 g/mol. The van der Waals surface area contributed by atoms with Crippen molar-refractivity contribution in [3.05, 3.63) is 0 Å². The van der Waals surface area contributed by atoms with Gasteiger partial charge in [0, 0.05) is 19.3 Å². The van der Waals surface area contributed by atoms with Crippen LogP contribution in [0, 0.1) is 5.92 Å².